The number of rotatable bonds is 6. The molecule has 0 saturated carbocycles. The molecule has 0 aliphatic heterocycles. The van der Waals surface area contributed by atoms with Gasteiger partial charge in [-0.05, 0) is 26.3 Å². The normalized spacial score (nSPS) is 10.8. The minimum Gasteiger partial charge on any atom is -0.360 e. The van der Waals surface area contributed by atoms with E-state index in [9.17, 15) is 0 Å². The Hall–Kier alpha value is -1.03. The first kappa shape index (κ1) is 13.0. The Morgan fingerprint density at radius 2 is 2.12 bits per heavy atom. The molecule has 16 heavy (non-hydrogen) atoms. The quantitative estimate of drug-likeness (QED) is 0.796. The van der Waals surface area contributed by atoms with Gasteiger partial charge >= 0.3 is 0 Å². The highest BCUT2D eigenvalue weighted by Gasteiger charge is 2.15. The van der Waals surface area contributed by atoms with Crippen LogP contribution in [0.25, 0.3) is 0 Å². The van der Waals surface area contributed by atoms with Crippen molar-refractivity contribution in [1.29, 1.82) is 0 Å². The predicted molar refractivity (Wildman–Crippen MR) is 68.9 cm³/mol. The Labute approximate surface area is 98.4 Å². The first-order chi connectivity index (χ1) is 7.61. The number of hydrogen-bond donors (Lipinski definition) is 1. The Kier molecular flexibility index (Phi) is 4.80. The maximum absolute atomic E-state index is 5.65. The molecule has 4 heteroatoms. The van der Waals surface area contributed by atoms with Gasteiger partial charge in [0.15, 0.2) is 0 Å². The van der Waals surface area contributed by atoms with Crippen molar-refractivity contribution < 1.29 is 0 Å². The van der Waals surface area contributed by atoms with Crippen LogP contribution in [-0.4, -0.2) is 29.9 Å². The molecular formula is C12H24N4. The van der Waals surface area contributed by atoms with E-state index in [1.807, 2.05) is 11.7 Å². The maximum Gasteiger partial charge on any atom is 0.129 e. The summed E-state index contributed by atoms with van der Waals surface area (Å²) in [4.78, 5) is 2.29. The zero-order valence-corrected chi connectivity index (χ0v) is 11.0. The second kappa shape index (κ2) is 5.89. The van der Waals surface area contributed by atoms with E-state index in [4.69, 9.17) is 5.73 Å². The number of nitrogens with two attached hydrogens (primary N) is 1. The van der Waals surface area contributed by atoms with Crippen LogP contribution >= 0.6 is 0 Å². The fourth-order valence-corrected chi connectivity index (χ4v) is 2.11. The molecule has 0 atom stereocenters. The number of aryl methyl sites for hydroxylation is 2. The number of anilines is 1. The summed E-state index contributed by atoms with van der Waals surface area (Å²) in [5.41, 5.74) is 8.05. The van der Waals surface area contributed by atoms with Gasteiger partial charge in [-0.2, -0.15) is 5.10 Å². The van der Waals surface area contributed by atoms with Gasteiger partial charge in [0.1, 0.15) is 5.82 Å². The van der Waals surface area contributed by atoms with Gasteiger partial charge in [-0.25, -0.2) is 0 Å². The molecule has 1 rings (SSSR count). The van der Waals surface area contributed by atoms with Crippen molar-refractivity contribution in [2.45, 2.75) is 33.1 Å². The third-order valence-electron chi connectivity index (χ3n) is 2.92. The lowest BCUT2D eigenvalue weighted by Crippen LogP contribution is -2.23. The van der Waals surface area contributed by atoms with E-state index in [-0.39, 0.29) is 0 Å². The lowest BCUT2D eigenvalue weighted by molar-refractivity contribution is 0.700. The first-order valence-electron chi connectivity index (χ1n) is 6.05. The molecule has 4 nitrogen and oxygen atoms in total. The topological polar surface area (TPSA) is 47.1 Å². The van der Waals surface area contributed by atoms with Crippen molar-refractivity contribution in [2.75, 3.05) is 25.0 Å². The Balaban J connectivity index is 2.91. The molecule has 0 aromatic carbocycles. The Morgan fingerprint density at radius 3 is 2.69 bits per heavy atom. The summed E-state index contributed by atoms with van der Waals surface area (Å²) in [6.07, 6.45) is 3.33. The Bertz CT molecular complexity index is 330. The molecule has 0 radical (unpaired) electrons. The molecule has 92 valence electrons. The SMILES string of the molecule is CCCCN(C)c1c(CCN)c(C)nn1C. The van der Waals surface area contributed by atoms with Crippen molar-refractivity contribution in [1.82, 2.24) is 9.78 Å². The average molecular weight is 224 g/mol. The fourth-order valence-electron chi connectivity index (χ4n) is 2.11. The Morgan fingerprint density at radius 1 is 1.44 bits per heavy atom. The summed E-state index contributed by atoms with van der Waals surface area (Å²) < 4.78 is 1.97. The summed E-state index contributed by atoms with van der Waals surface area (Å²) in [6.45, 7) is 6.03. The van der Waals surface area contributed by atoms with E-state index in [1.54, 1.807) is 0 Å². The highest BCUT2D eigenvalue weighted by Crippen LogP contribution is 2.22. The van der Waals surface area contributed by atoms with Crippen LogP contribution in [0.4, 0.5) is 5.82 Å². The van der Waals surface area contributed by atoms with Crippen molar-refractivity contribution in [2.24, 2.45) is 12.8 Å². The summed E-state index contributed by atoms with van der Waals surface area (Å²) in [5.74, 6) is 1.22. The van der Waals surface area contributed by atoms with Crippen LogP contribution in [0.2, 0.25) is 0 Å². The molecule has 0 amide bonds. The second-order valence-electron chi connectivity index (χ2n) is 4.32. The van der Waals surface area contributed by atoms with Crippen LogP contribution in [0, 0.1) is 6.92 Å². The standard InChI is InChI=1S/C12H24N4/c1-5-6-9-15(3)12-11(7-8-13)10(2)14-16(12)4/h5-9,13H2,1-4H3. The van der Waals surface area contributed by atoms with Crippen LogP contribution in [0.5, 0.6) is 0 Å². The van der Waals surface area contributed by atoms with Crippen molar-refractivity contribution in [3.63, 3.8) is 0 Å². The highest BCUT2D eigenvalue weighted by molar-refractivity contribution is 5.49. The second-order valence-corrected chi connectivity index (χ2v) is 4.32. The van der Waals surface area contributed by atoms with Gasteiger partial charge in [-0.1, -0.05) is 13.3 Å². The summed E-state index contributed by atoms with van der Waals surface area (Å²) in [7, 11) is 4.14. The molecule has 0 aliphatic rings. The van der Waals surface area contributed by atoms with E-state index >= 15 is 0 Å². The lowest BCUT2D eigenvalue weighted by atomic mass is 10.1. The summed E-state index contributed by atoms with van der Waals surface area (Å²) in [5, 5.41) is 4.48. The lowest BCUT2D eigenvalue weighted by Gasteiger charge is -2.20. The smallest absolute Gasteiger partial charge is 0.129 e. The number of nitrogens with zero attached hydrogens (tertiary/aromatic N) is 3. The molecule has 0 unspecified atom stereocenters. The molecule has 1 aromatic heterocycles. The molecule has 0 bridgehead atoms. The van der Waals surface area contributed by atoms with Crippen molar-refractivity contribution in [3.8, 4) is 0 Å². The molecule has 1 heterocycles. The molecule has 2 N–H and O–H groups in total. The van der Waals surface area contributed by atoms with Gasteiger partial charge < -0.3 is 10.6 Å². The predicted octanol–water partition coefficient (Wildman–Crippen LogP) is 1.47. The van der Waals surface area contributed by atoms with Gasteiger partial charge in [0.2, 0.25) is 0 Å². The van der Waals surface area contributed by atoms with Crippen molar-refractivity contribution >= 4 is 5.82 Å². The van der Waals surface area contributed by atoms with E-state index in [1.165, 1.54) is 24.2 Å². The van der Waals surface area contributed by atoms with Crippen molar-refractivity contribution in [3.05, 3.63) is 11.3 Å². The van der Waals surface area contributed by atoms with Crippen LogP contribution in [0.3, 0.4) is 0 Å². The third kappa shape index (κ3) is 2.76. The molecule has 0 fully saturated rings. The zero-order valence-electron chi connectivity index (χ0n) is 11.0. The monoisotopic (exact) mass is 224 g/mol. The van der Waals surface area contributed by atoms with Crippen LogP contribution in [0.1, 0.15) is 31.0 Å². The summed E-state index contributed by atoms with van der Waals surface area (Å²) >= 11 is 0. The molecule has 0 aliphatic carbocycles. The maximum atomic E-state index is 5.65. The minimum atomic E-state index is 0.682. The zero-order chi connectivity index (χ0) is 12.1. The summed E-state index contributed by atoms with van der Waals surface area (Å²) in [6, 6.07) is 0. The van der Waals surface area contributed by atoms with Crippen LogP contribution in [-0.2, 0) is 13.5 Å². The number of aromatic nitrogens is 2. The molecule has 1 aromatic rings. The first-order valence-corrected chi connectivity index (χ1v) is 6.05. The van der Waals surface area contributed by atoms with Gasteiger partial charge in [0.05, 0.1) is 5.69 Å². The van der Waals surface area contributed by atoms with Gasteiger partial charge in [-0.15, -0.1) is 0 Å². The molecule has 0 spiro atoms. The molecular weight excluding hydrogens is 200 g/mol. The largest absolute Gasteiger partial charge is 0.360 e. The molecule has 0 saturated heterocycles. The van der Waals surface area contributed by atoms with Gasteiger partial charge in [0.25, 0.3) is 0 Å². The van der Waals surface area contributed by atoms with Gasteiger partial charge in [0, 0.05) is 26.2 Å². The average Bonchev–Trinajstić information content (AvgIpc) is 2.51. The third-order valence-corrected chi connectivity index (χ3v) is 2.92. The van der Waals surface area contributed by atoms with E-state index in [0.717, 1.165) is 18.7 Å². The van der Waals surface area contributed by atoms with E-state index < -0.39 is 0 Å². The van der Waals surface area contributed by atoms with Gasteiger partial charge in [-0.3, -0.25) is 4.68 Å². The fraction of sp³-hybridized carbons (Fsp3) is 0.750. The van der Waals surface area contributed by atoms with Crippen LogP contribution in [0.15, 0.2) is 0 Å². The number of unbranched alkanes of at least 4 members (excludes halogenated alkanes) is 1. The van der Waals surface area contributed by atoms with E-state index in [0.29, 0.717) is 6.54 Å². The highest BCUT2D eigenvalue weighted by atomic mass is 15.4. The van der Waals surface area contributed by atoms with Crippen LogP contribution < -0.4 is 10.6 Å². The number of hydrogen-bond acceptors (Lipinski definition) is 3. The minimum absolute atomic E-state index is 0.682. The van der Waals surface area contributed by atoms with E-state index in [2.05, 4.69) is 30.9 Å².